The Bertz CT molecular complexity index is 983. The number of hydrogen-bond acceptors (Lipinski definition) is 6. The Morgan fingerprint density at radius 1 is 1.00 bits per heavy atom. The second-order valence-corrected chi connectivity index (χ2v) is 5.35. The zero-order valence-electron chi connectivity index (χ0n) is 13.0. The maximum absolute atomic E-state index is 5.74. The molecule has 0 bridgehead atoms. The maximum atomic E-state index is 5.74. The molecule has 118 valence electrons. The fourth-order valence-electron chi connectivity index (χ4n) is 2.55. The lowest BCUT2D eigenvalue weighted by Crippen LogP contribution is -1.98. The molecule has 0 radical (unpaired) electrons. The lowest BCUT2D eigenvalue weighted by molar-refractivity contribution is 0.270. The lowest BCUT2D eigenvalue weighted by atomic mass is 10.0. The van der Waals surface area contributed by atoms with Crippen LogP contribution in [0.15, 0.2) is 59.8 Å². The van der Waals surface area contributed by atoms with Crippen molar-refractivity contribution < 1.29 is 9.26 Å². The fourth-order valence-corrected chi connectivity index (χ4v) is 2.55. The van der Waals surface area contributed by atoms with E-state index in [0.717, 1.165) is 27.8 Å². The molecule has 4 aromatic rings. The van der Waals surface area contributed by atoms with Crippen molar-refractivity contribution in [1.29, 1.82) is 0 Å². The molecule has 1 aromatic carbocycles. The van der Waals surface area contributed by atoms with Crippen molar-refractivity contribution in [2.24, 2.45) is 0 Å². The van der Waals surface area contributed by atoms with E-state index >= 15 is 0 Å². The molecule has 0 N–H and O–H groups in total. The van der Waals surface area contributed by atoms with Gasteiger partial charge in [0.05, 0.1) is 17.3 Å². The summed E-state index contributed by atoms with van der Waals surface area (Å²) in [6, 6.07) is 7.84. The van der Waals surface area contributed by atoms with E-state index in [0.29, 0.717) is 11.5 Å². The highest BCUT2D eigenvalue weighted by molar-refractivity contribution is 5.95. The number of fused-ring (bicyclic) bond motifs is 1. The fraction of sp³-hybridized carbons (Fsp3) is 0.111. The molecule has 0 spiro atoms. The van der Waals surface area contributed by atoms with Crippen LogP contribution in [0.5, 0.6) is 5.88 Å². The summed E-state index contributed by atoms with van der Waals surface area (Å²) in [7, 11) is 0. The molecule has 4 rings (SSSR count). The molecule has 3 aromatic heterocycles. The van der Waals surface area contributed by atoms with Gasteiger partial charge >= 0.3 is 0 Å². The average molecular weight is 318 g/mol. The van der Waals surface area contributed by atoms with Crippen LogP contribution in [0.4, 0.5) is 0 Å². The smallest absolute Gasteiger partial charge is 0.262 e. The monoisotopic (exact) mass is 318 g/mol. The molecule has 0 unspecified atom stereocenters. The molecule has 0 atom stereocenters. The average Bonchev–Trinajstić information content (AvgIpc) is 3.05. The molecule has 0 saturated heterocycles. The van der Waals surface area contributed by atoms with Gasteiger partial charge < -0.3 is 9.26 Å². The second kappa shape index (κ2) is 6.08. The number of aryl methyl sites for hydroxylation is 1. The molecule has 0 amide bonds. The third-order valence-electron chi connectivity index (χ3n) is 3.77. The number of rotatable bonds is 4. The van der Waals surface area contributed by atoms with Gasteiger partial charge in [-0.05, 0) is 29.8 Å². The summed E-state index contributed by atoms with van der Waals surface area (Å²) in [5, 5.41) is 4.88. The van der Waals surface area contributed by atoms with Crippen molar-refractivity contribution in [2.75, 3.05) is 0 Å². The van der Waals surface area contributed by atoms with E-state index in [4.69, 9.17) is 9.26 Å². The molecule has 6 heteroatoms. The molecule has 0 saturated carbocycles. The summed E-state index contributed by atoms with van der Waals surface area (Å²) in [5.74, 6) is 0.444. The first kappa shape index (κ1) is 14.3. The van der Waals surface area contributed by atoms with E-state index in [9.17, 15) is 0 Å². The van der Waals surface area contributed by atoms with Crippen LogP contribution in [0.1, 0.15) is 11.3 Å². The molecule has 0 aliphatic rings. The van der Waals surface area contributed by atoms with Gasteiger partial charge in [0.25, 0.3) is 5.88 Å². The second-order valence-electron chi connectivity index (χ2n) is 5.35. The van der Waals surface area contributed by atoms with Crippen molar-refractivity contribution in [2.45, 2.75) is 13.5 Å². The number of ether oxygens (including phenoxy) is 1. The minimum Gasteiger partial charge on any atom is -0.468 e. The Kier molecular flexibility index (Phi) is 3.63. The molecule has 6 nitrogen and oxygen atoms in total. The van der Waals surface area contributed by atoms with Crippen molar-refractivity contribution in [3.63, 3.8) is 0 Å². The SMILES string of the molecule is Cc1ccncc1-c1cccc2c(OCc3cnccn3)noc12. The Hall–Kier alpha value is -3.28. The third-order valence-corrected chi connectivity index (χ3v) is 3.77. The zero-order valence-corrected chi connectivity index (χ0v) is 13.0. The molecule has 0 fully saturated rings. The molecular weight excluding hydrogens is 304 g/mol. The van der Waals surface area contributed by atoms with Crippen LogP contribution in [0, 0.1) is 6.92 Å². The normalized spacial score (nSPS) is 10.9. The highest BCUT2D eigenvalue weighted by Crippen LogP contribution is 2.34. The Balaban J connectivity index is 1.70. The summed E-state index contributed by atoms with van der Waals surface area (Å²) in [5.41, 5.74) is 4.49. The maximum Gasteiger partial charge on any atom is 0.262 e. The minimum absolute atomic E-state index is 0.283. The number of aromatic nitrogens is 4. The van der Waals surface area contributed by atoms with Crippen LogP contribution in [0.25, 0.3) is 22.1 Å². The van der Waals surface area contributed by atoms with Gasteiger partial charge in [-0.15, -0.1) is 0 Å². The number of pyridine rings is 1. The number of nitrogens with zero attached hydrogens (tertiary/aromatic N) is 4. The predicted molar refractivity (Wildman–Crippen MR) is 88.3 cm³/mol. The number of benzene rings is 1. The topological polar surface area (TPSA) is 73.9 Å². The van der Waals surface area contributed by atoms with Gasteiger partial charge in [0.15, 0.2) is 5.58 Å². The van der Waals surface area contributed by atoms with Crippen molar-refractivity contribution in [3.8, 4) is 17.0 Å². The summed E-state index contributed by atoms with van der Waals surface area (Å²) < 4.78 is 11.3. The third kappa shape index (κ3) is 2.58. The summed E-state index contributed by atoms with van der Waals surface area (Å²) in [4.78, 5) is 12.4. The molecular formula is C18H14N4O2. The first-order valence-electron chi connectivity index (χ1n) is 7.50. The van der Waals surface area contributed by atoms with E-state index < -0.39 is 0 Å². The summed E-state index contributed by atoms with van der Waals surface area (Å²) in [6.45, 7) is 2.32. The molecule has 0 aliphatic heterocycles. The van der Waals surface area contributed by atoms with Crippen LogP contribution in [-0.2, 0) is 6.61 Å². The number of para-hydroxylation sites is 1. The zero-order chi connectivity index (χ0) is 16.4. The van der Waals surface area contributed by atoms with Gasteiger partial charge in [-0.2, -0.15) is 0 Å². The minimum atomic E-state index is 0.283. The lowest BCUT2D eigenvalue weighted by Gasteiger charge is -2.05. The quantitative estimate of drug-likeness (QED) is 0.573. The van der Waals surface area contributed by atoms with Crippen LogP contribution in [-0.4, -0.2) is 20.1 Å². The Labute approximate surface area is 138 Å². The molecule has 0 aliphatic carbocycles. The summed E-state index contributed by atoms with van der Waals surface area (Å²) >= 11 is 0. The Morgan fingerprint density at radius 2 is 1.92 bits per heavy atom. The van der Waals surface area contributed by atoms with E-state index in [2.05, 4.69) is 20.1 Å². The van der Waals surface area contributed by atoms with E-state index in [-0.39, 0.29) is 6.61 Å². The van der Waals surface area contributed by atoms with Gasteiger partial charge in [0.1, 0.15) is 6.61 Å². The van der Waals surface area contributed by atoms with Gasteiger partial charge in [0, 0.05) is 35.9 Å². The van der Waals surface area contributed by atoms with E-state index in [1.165, 1.54) is 0 Å². The highest BCUT2D eigenvalue weighted by Gasteiger charge is 2.15. The van der Waals surface area contributed by atoms with Gasteiger partial charge in [-0.25, -0.2) is 0 Å². The molecule has 24 heavy (non-hydrogen) atoms. The standard InChI is InChI=1S/C18H14N4O2/c1-12-5-6-19-10-16(12)14-3-2-4-15-17(14)24-22-18(15)23-11-13-9-20-7-8-21-13/h2-10H,11H2,1H3. The number of hydrogen-bond donors (Lipinski definition) is 0. The van der Waals surface area contributed by atoms with Crippen molar-refractivity contribution in [1.82, 2.24) is 20.1 Å². The van der Waals surface area contributed by atoms with Crippen molar-refractivity contribution in [3.05, 3.63) is 66.5 Å². The highest BCUT2D eigenvalue weighted by atomic mass is 16.5. The van der Waals surface area contributed by atoms with Gasteiger partial charge in [0.2, 0.25) is 0 Å². The summed E-state index contributed by atoms with van der Waals surface area (Å²) in [6.07, 6.45) is 8.51. The first-order valence-corrected chi connectivity index (χ1v) is 7.50. The first-order chi connectivity index (χ1) is 11.8. The molecule has 3 heterocycles. The van der Waals surface area contributed by atoms with Gasteiger partial charge in [-0.1, -0.05) is 12.1 Å². The van der Waals surface area contributed by atoms with Crippen LogP contribution in [0.3, 0.4) is 0 Å². The predicted octanol–water partition coefficient (Wildman–Crippen LogP) is 3.57. The van der Waals surface area contributed by atoms with Gasteiger partial charge in [-0.3, -0.25) is 15.0 Å². The van der Waals surface area contributed by atoms with Crippen molar-refractivity contribution >= 4 is 11.0 Å². The van der Waals surface area contributed by atoms with Crippen LogP contribution >= 0.6 is 0 Å². The van der Waals surface area contributed by atoms with E-state index in [1.54, 1.807) is 24.8 Å². The van der Waals surface area contributed by atoms with E-state index in [1.807, 2.05) is 37.4 Å². The van der Waals surface area contributed by atoms with Crippen LogP contribution < -0.4 is 4.74 Å². The Morgan fingerprint density at radius 3 is 2.75 bits per heavy atom. The largest absolute Gasteiger partial charge is 0.468 e. The van der Waals surface area contributed by atoms with Crippen LogP contribution in [0.2, 0.25) is 0 Å².